The largest absolute Gasteiger partial charge is 0.370 e. The number of aromatic nitrogens is 2. The lowest BCUT2D eigenvalue weighted by Gasteiger charge is -2.13. The van der Waals surface area contributed by atoms with Gasteiger partial charge in [-0.05, 0) is 38.8 Å². The minimum absolute atomic E-state index is 0.774. The van der Waals surface area contributed by atoms with Crippen LogP contribution >= 0.6 is 15.9 Å². The molecule has 0 unspecified atom stereocenters. The molecular weight excluding hydrogens is 314 g/mol. The second-order valence-electron chi connectivity index (χ2n) is 4.81. The predicted octanol–water partition coefficient (Wildman–Crippen LogP) is 4.52. The van der Waals surface area contributed by atoms with Crippen LogP contribution in [-0.2, 0) is 6.42 Å². The highest BCUT2D eigenvalue weighted by atomic mass is 79.9. The van der Waals surface area contributed by atoms with Crippen molar-refractivity contribution in [1.29, 1.82) is 0 Å². The zero-order valence-electron chi connectivity index (χ0n) is 12.4. The van der Waals surface area contributed by atoms with E-state index in [1.165, 1.54) is 11.1 Å². The van der Waals surface area contributed by atoms with Crippen LogP contribution in [0.25, 0.3) is 11.4 Å². The minimum Gasteiger partial charge on any atom is -0.370 e. The van der Waals surface area contributed by atoms with Gasteiger partial charge in [0.25, 0.3) is 0 Å². The van der Waals surface area contributed by atoms with Crippen molar-refractivity contribution in [1.82, 2.24) is 9.97 Å². The molecule has 3 nitrogen and oxygen atoms in total. The van der Waals surface area contributed by atoms with Gasteiger partial charge in [-0.2, -0.15) is 0 Å². The second kappa shape index (κ2) is 6.35. The Morgan fingerprint density at radius 2 is 1.90 bits per heavy atom. The third-order valence-electron chi connectivity index (χ3n) is 3.34. The van der Waals surface area contributed by atoms with Gasteiger partial charge < -0.3 is 5.32 Å². The van der Waals surface area contributed by atoms with Crippen molar-refractivity contribution in [3.05, 3.63) is 39.5 Å². The quantitative estimate of drug-likeness (QED) is 0.893. The monoisotopic (exact) mass is 333 g/mol. The highest BCUT2D eigenvalue weighted by Gasteiger charge is 2.11. The van der Waals surface area contributed by atoms with Crippen LogP contribution in [0.2, 0.25) is 0 Å². The summed E-state index contributed by atoms with van der Waals surface area (Å²) in [4.78, 5) is 9.35. The Labute approximate surface area is 129 Å². The van der Waals surface area contributed by atoms with Gasteiger partial charge in [-0.1, -0.05) is 35.0 Å². The second-order valence-corrected chi connectivity index (χ2v) is 5.66. The van der Waals surface area contributed by atoms with E-state index in [1.54, 1.807) is 0 Å². The first-order valence-electron chi connectivity index (χ1n) is 6.94. The van der Waals surface area contributed by atoms with Crippen LogP contribution < -0.4 is 5.32 Å². The van der Waals surface area contributed by atoms with Crippen LogP contribution in [0.5, 0.6) is 0 Å². The third kappa shape index (κ3) is 3.01. The average Bonchev–Trinajstić information content (AvgIpc) is 2.42. The summed E-state index contributed by atoms with van der Waals surface area (Å²) in [6.07, 6.45) is 0.937. The number of aryl methyl sites for hydroxylation is 2. The maximum absolute atomic E-state index is 4.69. The molecule has 0 bridgehead atoms. The van der Waals surface area contributed by atoms with Crippen LogP contribution in [0.4, 0.5) is 5.82 Å². The number of rotatable bonds is 4. The van der Waals surface area contributed by atoms with Crippen molar-refractivity contribution in [3.8, 4) is 11.4 Å². The van der Waals surface area contributed by atoms with E-state index in [0.717, 1.165) is 40.3 Å². The molecule has 0 saturated heterocycles. The van der Waals surface area contributed by atoms with E-state index in [2.05, 4.69) is 65.2 Å². The molecule has 2 rings (SSSR count). The first-order chi connectivity index (χ1) is 9.56. The maximum atomic E-state index is 4.69. The van der Waals surface area contributed by atoms with Gasteiger partial charge in [0.1, 0.15) is 5.82 Å². The molecule has 1 aromatic carbocycles. The Morgan fingerprint density at radius 1 is 1.15 bits per heavy atom. The maximum Gasteiger partial charge on any atom is 0.161 e. The van der Waals surface area contributed by atoms with Crippen molar-refractivity contribution < 1.29 is 0 Å². The molecule has 1 heterocycles. The minimum atomic E-state index is 0.774. The van der Waals surface area contributed by atoms with E-state index in [-0.39, 0.29) is 0 Å². The number of benzene rings is 1. The van der Waals surface area contributed by atoms with E-state index in [1.807, 2.05) is 6.92 Å². The van der Waals surface area contributed by atoms with Gasteiger partial charge in [0, 0.05) is 27.8 Å². The summed E-state index contributed by atoms with van der Waals surface area (Å²) < 4.78 is 1.08. The smallest absolute Gasteiger partial charge is 0.161 e. The molecule has 0 fully saturated rings. The normalized spacial score (nSPS) is 10.7. The molecule has 0 aliphatic rings. The van der Waals surface area contributed by atoms with Crippen LogP contribution in [0.3, 0.4) is 0 Å². The van der Waals surface area contributed by atoms with Gasteiger partial charge >= 0.3 is 0 Å². The molecule has 1 aromatic heterocycles. The van der Waals surface area contributed by atoms with Crippen molar-refractivity contribution >= 4 is 21.7 Å². The summed E-state index contributed by atoms with van der Waals surface area (Å²) in [5.74, 6) is 1.73. The molecule has 106 valence electrons. The summed E-state index contributed by atoms with van der Waals surface area (Å²) in [7, 11) is 0. The molecule has 1 N–H and O–H groups in total. The van der Waals surface area contributed by atoms with E-state index in [9.17, 15) is 0 Å². The lowest BCUT2D eigenvalue weighted by Crippen LogP contribution is -2.08. The topological polar surface area (TPSA) is 37.8 Å². The molecule has 0 aliphatic carbocycles. The fourth-order valence-corrected chi connectivity index (χ4v) is 2.57. The number of hydrogen-bond donors (Lipinski definition) is 1. The summed E-state index contributed by atoms with van der Waals surface area (Å²) >= 11 is 3.57. The first-order valence-corrected chi connectivity index (χ1v) is 7.74. The fourth-order valence-electron chi connectivity index (χ4n) is 2.19. The lowest BCUT2D eigenvalue weighted by molar-refractivity contribution is 0.989. The van der Waals surface area contributed by atoms with Gasteiger partial charge in [0.15, 0.2) is 5.82 Å². The van der Waals surface area contributed by atoms with Crippen LogP contribution in [0, 0.1) is 13.8 Å². The van der Waals surface area contributed by atoms with E-state index in [0.29, 0.717) is 0 Å². The van der Waals surface area contributed by atoms with E-state index >= 15 is 0 Å². The highest BCUT2D eigenvalue weighted by Crippen LogP contribution is 2.26. The summed E-state index contributed by atoms with van der Waals surface area (Å²) in [5.41, 5.74) is 4.49. The Bertz CT molecular complexity index is 623. The summed E-state index contributed by atoms with van der Waals surface area (Å²) in [6, 6.07) is 6.22. The van der Waals surface area contributed by atoms with Gasteiger partial charge in [-0.15, -0.1) is 0 Å². The average molecular weight is 334 g/mol. The van der Waals surface area contributed by atoms with Crippen molar-refractivity contribution in [2.24, 2.45) is 0 Å². The third-order valence-corrected chi connectivity index (χ3v) is 4.20. The lowest BCUT2D eigenvalue weighted by atomic mass is 10.1. The molecule has 0 amide bonds. The van der Waals surface area contributed by atoms with Crippen LogP contribution in [0.1, 0.15) is 30.7 Å². The number of nitrogens with one attached hydrogen (secondary N) is 1. The fraction of sp³-hybridized carbons (Fsp3) is 0.375. The Hall–Kier alpha value is -1.42. The zero-order chi connectivity index (χ0) is 14.7. The molecule has 4 heteroatoms. The molecule has 0 radical (unpaired) electrons. The SMILES string of the molecule is CCNc1nc(-c2ccc(C)c(Br)c2)nc(C)c1CC. The van der Waals surface area contributed by atoms with Gasteiger partial charge in [0.05, 0.1) is 0 Å². The van der Waals surface area contributed by atoms with Crippen molar-refractivity contribution in [2.45, 2.75) is 34.1 Å². The predicted molar refractivity (Wildman–Crippen MR) is 88.2 cm³/mol. The molecular formula is C16H20BrN3. The highest BCUT2D eigenvalue weighted by molar-refractivity contribution is 9.10. The van der Waals surface area contributed by atoms with Gasteiger partial charge in [-0.3, -0.25) is 0 Å². The Kier molecular flexibility index (Phi) is 4.76. The Balaban J connectivity index is 2.54. The van der Waals surface area contributed by atoms with E-state index < -0.39 is 0 Å². The van der Waals surface area contributed by atoms with Gasteiger partial charge in [-0.25, -0.2) is 9.97 Å². The number of hydrogen-bond acceptors (Lipinski definition) is 3. The standard InChI is InChI=1S/C16H20BrN3/c1-5-13-11(4)19-15(20-16(13)18-6-2)12-8-7-10(3)14(17)9-12/h7-9H,5-6H2,1-4H3,(H,18,19,20). The Morgan fingerprint density at radius 3 is 2.50 bits per heavy atom. The van der Waals surface area contributed by atoms with Crippen LogP contribution in [0.15, 0.2) is 22.7 Å². The summed E-state index contributed by atoms with van der Waals surface area (Å²) in [6.45, 7) is 9.20. The first kappa shape index (κ1) is 15.0. The van der Waals surface area contributed by atoms with Crippen molar-refractivity contribution in [2.75, 3.05) is 11.9 Å². The van der Waals surface area contributed by atoms with Crippen LogP contribution in [-0.4, -0.2) is 16.5 Å². The molecule has 0 spiro atoms. The molecule has 20 heavy (non-hydrogen) atoms. The zero-order valence-corrected chi connectivity index (χ0v) is 14.0. The number of halogens is 1. The van der Waals surface area contributed by atoms with E-state index in [4.69, 9.17) is 4.98 Å². The summed E-state index contributed by atoms with van der Waals surface area (Å²) in [5, 5.41) is 3.34. The molecule has 0 atom stereocenters. The van der Waals surface area contributed by atoms with Gasteiger partial charge in [0.2, 0.25) is 0 Å². The molecule has 2 aromatic rings. The molecule has 0 aliphatic heterocycles. The number of nitrogens with zero attached hydrogens (tertiary/aromatic N) is 2. The molecule has 0 saturated carbocycles. The van der Waals surface area contributed by atoms with Crippen molar-refractivity contribution in [3.63, 3.8) is 0 Å². The number of anilines is 1.